The summed E-state index contributed by atoms with van der Waals surface area (Å²) in [5, 5.41) is 6.44. The van der Waals surface area contributed by atoms with E-state index < -0.39 is 21.7 Å². The van der Waals surface area contributed by atoms with Gasteiger partial charge in [0.05, 0.1) is 4.90 Å². The summed E-state index contributed by atoms with van der Waals surface area (Å²) in [7, 11) is -0.459. The maximum absolute atomic E-state index is 14.0. The van der Waals surface area contributed by atoms with Gasteiger partial charge < -0.3 is 15.5 Å². The molecule has 0 aliphatic carbocycles. The van der Waals surface area contributed by atoms with Crippen molar-refractivity contribution in [1.82, 2.24) is 15.4 Å². The SMILES string of the molecule is CN=C(NCc1ccc(S(=O)(=O)NC)cc1)NC1CCN(c2c(F)cccc2F)C1.I. The first-order chi connectivity index (χ1) is 14.3. The Balaban J connectivity index is 0.00000341. The molecule has 2 aromatic rings. The van der Waals surface area contributed by atoms with Crippen LogP contribution < -0.4 is 20.3 Å². The highest BCUT2D eigenvalue weighted by molar-refractivity contribution is 14.0. The fraction of sp³-hybridized carbons (Fsp3) is 0.350. The van der Waals surface area contributed by atoms with Gasteiger partial charge in [-0.1, -0.05) is 18.2 Å². The van der Waals surface area contributed by atoms with Crippen molar-refractivity contribution in [2.45, 2.75) is 23.9 Å². The molecule has 0 aromatic heterocycles. The summed E-state index contributed by atoms with van der Waals surface area (Å²) in [4.78, 5) is 6.08. The molecule has 1 atom stereocenters. The van der Waals surface area contributed by atoms with Crippen LogP contribution in [-0.4, -0.2) is 47.6 Å². The Morgan fingerprint density at radius 3 is 2.39 bits per heavy atom. The van der Waals surface area contributed by atoms with Crippen molar-refractivity contribution in [1.29, 1.82) is 0 Å². The van der Waals surface area contributed by atoms with Crippen molar-refractivity contribution in [3.8, 4) is 0 Å². The molecule has 0 radical (unpaired) electrons. The molecule has 1 aliphatic heterocycles. The summed E-state index contributed by atoms with van der Waals surface area (Å²) in [5.41, 5.74) is 0.885. The Labute approximate surface area is 198 Å². The summed E-state index contributed by atoms with van der Waals surface area (Å²) >= 11 is 0. The number of guanidine groups is 1. The highest BCUT2D eigenvalue weighted by atomic mass is 127. The van der Waals surface area contributed by atoms with Gasteiger partial charge in [0, 0.05) is 32.7 Å². The minimum Gasteiger partial charge on any atom is -0.365 e. The maximum atomic E-state index is 14.0. The number of aliphatic imine (C=N–C) groups is 1. The van der Waals surface area contributed by atoms with E-state index in [1.54, 1.807) is 24.1 Å². The van der Waals surface area contributed by atoms with Gasteiger partial charge in [-0.2, -0.15) is 0 Å². The lowest BCUT2D eigenvalue weighted by molar-refractivity contribution is 0.575. The number of para-hydroxylation sites is 1. The van der Waals surface area contributed by atoms with Crippen LogP contribution in [0.3, 0.4) is 0 Å². The highest BCUT2D eigenvalue weighted by Gasteiger charge is 2.27. The van der Waals surface area contributed by atoms with Crippen LogP contribution in [0.2, 0.25) is 0 Å². The fourth-order valence-corrected chi connectivity index (χ4v) is 4.08. The third-order valence-corrected chi connectivity index (χ3v) is 6.40. The van der Waals surface area contributed by atoms with Gasteiger partial charge in [0.25, 0.3) is 0 Å². The number of nitrogens with zero attached hydrogens (tertiary/aromatic N) is 2. The van der Waals surface area contributed by atoms with Crippen LogP contribution in [0.5, 0.6) is 0 Å². The van der Waals surface area contributed by atoms with Crippen molar-refractivity contribution in [3.05, 3.63) is 59.7 Å². The van der Waals surface area contributed by atoms with Gasteiger partial charge in [0.2, 0.25) is 10.0 Å². The first-order valence-corrected chi connectivity index (χ1v) is 11.0. The number of sulfonamides is 1. The highest BCUT2D eigenvalue weighted by Crippen LogP contribution is 2.26. The summed E-state index contributed by atoms with van der Waals surface area (Å²) in [6.07, 6.45) is 0.713. The van der Waals surface area contributed by atoms with E-state index in [1.807, 2.05) is 0 Å². The number of rotatable bonds is 6. The quantitative estimate of drug-likeness (QED) is 0.285. The zero-order valence-electron chi connectivity index (χ0n) is 17.2. The summed E-state index contributed by atoms with van der Waals surface area (Å²) < 4.78 is 53.9. The third-order valence-electron chi connectivity index (χ3n) is 4.97. The molecular formula is C20H26F2IN5O2S. The van der Waals surface area contributed by atoms with Crippen LogP contribution in [0.15, 0.2) is 52.4 Å². The van der Waals surface area contributed by atoms with Crippen LogP contribution in [0.25, 0.3) is 0 Å². The number of halogens is 3. The molecule has 0 bridgehead atoms. The van der Waals surface area contributed by atoms with Gasteiger partial charge in [-0.3, -0.25) is 4.99 Å². The number of hydrogen-bond donors (Lipinski definition) is 3. The molecule has 0 amide bonds. The molecule has 0 saturated carbocycles. The predicted molar refractivity (Wildman–Crippen MR) is 128 cm³/mol. The lowest BCUT2D eigenvalue weighted by Crippen LogP contribution is -2.44. The van der Waals surface area contributed by atoms with E-state index in [0.717, 1.165) is 5.56 Å². The zero-order valence-corrected chi connectivity index (χ0v) is 20.4. The smallest absolute Gasteiger partial charge is 0.240 e. The Morgan fingerprint density at radius 1 is 1.16 bits per heavy atom. The second kappa shape index (κ2) is 11.0. The van der Waals surface area contributed by atoms with E-state index in [0.29, 0.717) is 32.0 Å². The van der Waals surface area contributed by atoms with Gasteiger partial charge in [-0.15, -0.1) is 24.0 Å². The van der Waals surface area contributed by atoms with E-state index in [9.17, 15) is 17.2 Å². The lowest BCUT2D eigenvalue weighted by Gasteiger charge is -2.21. The summed E-state index contributed by atoms with van der Waals surface area (Å²) in [6, 6.07) is 10.4. The molecular weight excluding hydrogens is 539 g/mol. The Morgan fingerprint density at radius 2 is 1.81 bits per heavy atom. The molecule has 7 nitrogen and oxygen atoms in total. The van der Waals surface area contributed by atoms with Gasteiger partial charge >= 0.3 is 0 Å². The molecule has 11 heteroatoms. The van der Waals surface area contributed by atoms with Gasteiger partial charge in [0.1, 0.15) is 17.3 Å². The number of benzene rings is 2. The van der Waals surface area contributed by atoms with Crippen molar-refractivity contribution in [2.75, 3.05) is 32.1 Å². The van der Waals surface area contributed by atoms with E-state index in [2.05, 4.69) is 20.3 Å². The van der Waals surface area contributed by atoms with Gasteiger partial charge in [-0.05, 0) is 43.3 Å². The Bertz CT molecular complexity index is 998. The monoisotopic (exact) mass is 565 g/mol. The number of anilines is 1. The van der Waals surface area contributed by atoms with Crippen LogP contribution in [0.1, 0.15) is 12.0 Å². The Hall–Kier alpha value is -1.99. The third kappa shape index (κ3) is 6.26. The second-order valence-electron chi connectivity index (χ2n) is 6.92. The number of nitrogens with one attached hydrogen (secondary N) is 3. The molecule has 1 saturated heterocycles. The van der Waals surface area contributed by atoms with E-state index in [-0.39, 0.29) is 40.6 Å². The predicted octanol–water partition coefficient (Wildman–Crippen LogP) is 2.43. The molecule has 0 spiro atoms. The van der Waals surface area contributed by atoms with Crippen molar-refractivity contribution in [3.63, 3.8) is 0 Å². The normalized spacial score (nSPS) is 16.7. The fourth-order valence-electron chi connectivity index (χ4n) is 3.35. The van der Waals surface area contributed by atoms with E-state index >= 15 is 0 Å². The van der Waals surface area contributed by atoms with Crippen LogP contribution in [-0.2, 0) is 16.6 Å². The lowest BCUT2D eigenvalue weighted by atomic mass is 10.2. The Kier molecular flexibility index (Phi) is 9.01. The minimum atomic E-state index is -3.47. The minimum absolute atomic E-state index is 0. The average molecular weight is 565 g/mol. The van der Waals surface area contributed by atoms with Crippen LogP contribution in [0, 0.1) is 11.6 Å². The largest absolute Gasteiger partial charge is 0.365 e. The van der Waals surface area contributed by atoms with Crippen molar-refractivity contribution >= 4 is 45.6 Å². The van der Waals surface area contributed by atoms with Crippen molar-refractivity contribution < 1.29 is 17.2 Å². The molecule has 1 heterocycles. The topological polar surface area (TPSA) is 85.8 Å². The van der Waals surface area contributed by atoms with Crippen LogP contribution >= 0.6 is 24.0 Å². The van der Waals surface area contributed by atoms with Gasteiger partial charge in [0.15, 0.2) is 5.96 Å². The molecule has 1 aliphatic rings. The average Bonchev–Trinajstić information content (AvgIpc) is 3.19. The molecule has 170 valence electrons. The standard InChI is InChI=1S/C20H25F2N5O2S.HI/c1-23-20(25-12-14-6-8-16(9-7-14)30(28,29)24-2)26-15-10-11-27(13-15)19-17(21)4-3-5-18(19)22;/h3-9,15,24H,10-13H2,1-2H3,(H2,23,25,26);1H. The molecule has 31 heavy (non-hydrogen) atoms. The maximum Gasteiger partial charge on any atom is 0.240 e. The summed E-state index contributed by atoms with van der Waals surface area (Å²) in [5.74, 6) is -0.577. The second-order valence-corrected chi connectivity index (χ2v) is 8.81. The van der Waals surface area contributed by atoms with Gasteiger partial charge in [-0.25, -0.2) is 21.9 Å². The zero-order chi connectivity index (χ0) is 21.7. The molecule has 3 rings (SSSR count). The molecule has 2 aromatic carbocycles. The number of hydrogen-bond acceptors (Lipinski definition) is 4. The van der Waals surface area contributed by atoms with E-state index in [4.69, 9.17) is 0 Å². The van der Waals surface area contributed by atoms with Crippen molar-refractivity contribution in [2.24, 2.45) is 4.99 Å². The first kappa shape index (κ1) is 25.3. The van der Waals surface area contributed by atoms with E-state index in [1.165, 1.54) is 37.4 Å². The molecule has 1 fully saturated rings. The summed E-state index contributed by atoms with van der Waals surface area (Å²) in [6.45, 7) is 1.43. The van der Waals surface area contributed by atoms with Crippen LogP contribution in [0.4, 0.5) is 14.5 Å². The molecule has 3 N–H and O–H groups in total. The first-order valence-electron chi connectivity index (χ1n) is 9.52. The molecule has 1 unspecified atom stereocenters.